The summed E-state index contributed by atoms with van der Waals surface area (Å²) >= 11 is 0. The molecule has 0 aliphatic rings. The summed E-state index contributed by atoms with van der Waals surface area (Å²) in [5, 5.41) is 7.33. The van der Waals surface area contributed by atoms with Crippen LogP contribution in [0, 0.1) is 0 Å². The average molecular weight is 198 g/mol. The minimum Gasteiger partial charge on any atom is -0.369 e. The van der Waals surface area contributed by atoms with E-state index in [1.807, 2.05) is 0 Å². The van der Waals surface area contributed by atoms with Crippen molar-refractivity contribution in [1.82, 2.24) is 10.9 Å². The summed E-state index contributed by atoms with van der Waals surface area (Å²) in [6.45, 7) is 0. The molecule has 0 bridgehead atoms. The number of nitrogens with zero attached hydrogens (tertiary/aromatic N) is 4. The smallest absolute Gasteiger partial charge is 0.209 e. The molecule has 0 aromatic rings. The van der Waals surface area contributed by atoms with E-state index in [1.165, 1.54) is 12.4 Å². The maximum Gasteiger partial charge on any atom is 0.209 e. The van der Waals surface area contributed by atoms with Crippen LogP contribution in [0.1, 0.15) is 0 Å². The van der Waals surface area contributed by atoms with Crippen LogP contribution in [0.3, 0.4) is 0 Å². The summed E-state index contributed by atoms with van der Waals surface area (Å²) in [4.78, 5) is 7.24. The normalized spacial score (nSPS) is 13.9. The number of nitrogens with two attached hydrogens (primary N) is 2. The second kappa shape index (κ2) is 7.53. The third kappa shape index (κ3) is 6.58. The molecule has 0 spiro atoms. The molecule has 0 saturated heterocycles. The Balaban J connectivity index is 3.72. The number of hydrogen-bond donors (Lipinski definition) is 4. The van der Waals surface area contributed by atoms with E-state index < -0.39 is 0 Å². The van der Waals surface area contributed by atoms with Crippen molar-refractivity contribution in [3.05, 3.63) is 0 Å². The summed E-state index contributed by atoms with van der Waals surface area (Å²) in [6, 6.07) is 0. The van der Waals surface area contributed by atoms with Crippen molar-refractivity contribution in [2.24, 2.45) is 31.7 Å². The SMILES string of the molecule is CN=C(N)N/N=C/C=N/NC(N)=NC. The van der Waals surface area contributed by atoms with Crippen LogP contribution in [-0.4, -0.2) is 38.4 Å². The van der Waals surface area contributed by atoms with Crippen molar-refractivity contribution in [2.75, 3.05) is 14.1 Å². The van der Waals surface area contributed by atoms with Gasteiger partial charge < -0.3 is 11.5 Å². The van der Waals surface area contributed by atoms with Crippen LogP contribution >= 0.6 is 0 Å². The van der Waals surface area contributed by atoms with Gasteiger partial charge in [-0.3, -0.25) is 9.98 Å². The lowest BCUT2D eigenvalue weighted by Gasteiger charge is -1.94. The highest BCUT2D eigenvalue weighted by Crippen LogP contribution is 1.60. The van der Waals surface area contributed by atoms with E-state index in [9.17, 15) is 0 Å². The van der Waals surface area contributed by atoms with E-state index >= 15 is 0 Å². The Hall–Kier alpha value is -2.12. The van der Waals surface area contributed by atoms with Gasteiger partial charge in [-0.1, -0.05) is 0 Å². The van der Waals surface area contributed by atoms with E-state index in [0.717, 1.165) is 0 Å². The Morgan fingerprint density at radius 3 is 1.57 bits per heavy atom. The van der Waals surface area contributed by atoms with Crippen molar-refractivity contribution in [3.63, 3.8) is 0 Å². The van der Waals surface area contributed by atoms with E-state index in [4.69, 9.17) is 11.5 Å². The van der Waals surface area contributed by atoms with Crippen LogP contribution in [0.5, 0.6) is 0 Å². The quantitative estimate of drug-likeness (QED) is 0.238. The van der Waals surface area contributed by atoms with Crippen molar-refractivity contribution in [2.45, 2.75) is 0 Å². The van der Waals surface area contributed by atoms with Gasteiger partial charge in [0.25, 0.3) is 0 Å². The standard InChI is InChI=1S/C6H14N8/c1-9-5(7)13-11-3-4-12-14-6(8)10-2/h3-4H,1-2H3,(H3,7,9,13)(H3,8,10,14)/b11-3+,12-4+. The van der Waals surface area contributed by atoms with Crippen LogP contribution in [-0.2, 0) is 0 Å². The zero-order valence-corrected chi connectivity index (χ0v) is 8.10. The predicted octanol–water partition coefficient (Wildman–Crippen LogP) is -1.97. The molecule has 14 heavy (non-hydrogen) atoms. The molecule has 0 fully saturated rings. The molecule has 0 heterocycles. The molecule has 0 atom stereocenters. The molecular formula is C6H14N8. The van der Waals surface area contributed by atoms with E-state index in [0.29, 0.717) is 0 Å². The summed E-state index contributed by atoms with van der Waals surface area (Å²) in [6.07, 6.45) is 2.77. The van der Waals surface area contributed by atoms with Gasteiger partial charge in [0, 0.05) is 14.1 Å². The topological polar surface area (TPSA) is 126 Å². The number of hydrazone groups is 2. The molecule has 0 aliphatic heterocycles. The summed E-state index contributed by atoms with van der Waals surface area (Å²) in [5.41, 5.74) is 15.5. The van der Waals surface area contributed by atoms with E-state index in [2.05, 4.69) is 31.0 Å². The zero-order valence-electron chi connectivity index (χ0n) is 8.10. The molecule has 0 aliphatic carbocycles. The molecular weight excluding hydrogens is 184 g/mol. The third-order valence-electron chi connectivity index (χ3n) is 1.06. The largest absolute Gasteiger partial charge is 0.369 e. The van der Waals surface area contributed by atoms with Crippen LogP contribution in [0.25, 0.3) is 0 Å². The molecule has 0 aromatic heterocycles. The Morgan fingerprint density at radius 1 is 0.929 bits per heavy atom. The Kier molecular flexibility index (Phi) is 6.39. The maximum atomic E-state index is 5.28. The van der Waals surface area contributed by atoms with Gasteiger partial charge in [0.15, 0.2) is 0 Å². The first kappa shape index (κ1) is 11.9. The molecule has 0 aromatic carbocycles. The second-order valence-corrected chi connectivity index (χ2v) is 2.00. The van der Waals surface area contributed by atoms with Crippen LogP contribution in [0.2, 0.25) is 0 Å². The molecule has 78 valence electrons. The molecule has 0 amide bonds. The highest BCUT2D eigenvalue weighted by Gasteiger charge is 1.81. The maximum absolute atomic E-state index is 5.28. The molecule has 8 heteroatoms. The highest BCUT2D eigenvalue weighted by molar-refractivity contribution is 6.16. The zero-order chi connectivity index (χ0) is 10.8. The molecule has 0 rings (SSSR count). The third-order valence-corrected chi connectivity index (χ3v) is 1.06. The lowest BCUT2D eigenvalue weighted by molar-refractivity contribution is 1.00. The monoisotopic (exact) mass is 198 g/mol. The predicted molar refractivity (Wildman–Crippen MR) is 58.3 cm³/mol. The van der Waals surface area contributed by atoms with E-state index in [1.54, 1.807) is 14.1 Å². The number of nitrogens with one attached hydrogen (secondary N) is 2. The minimum atomic E-state index is 0.220. The fourth-order valence-electron chi connectivity index (χ4n) is 0.373. The highest BCUT2D eigenvalue weighted by atomic mass is 15.4. The number of aliphatic imine (C=N–C) groups is 2. The number of rotatable bonds is 3. The number of hydrogen-bond acceptors (Lipinski definition) is 4. The van der Waals surface area contributed by atoms with Crippen molar-refractivity contribution >= 4 is 24.3 Å². The molecule has 0 unspecified atom stereocenters. The fraction of sp³-hybridized carbons (Fsp3) is 0.333. The molecule has 0 radical (unpaired) electrons. The minimum absolute atomic E-state index is 0.220. The van der Waals surface area contributed by atoms with Crippen LogP contribution in [0.4, 0.5) is 0 Å². The summed E-state index contributed by atoms with van der Waals surface area (Å²) < 4.78 is 0. The van der Waals surface area contributed by atoms with Gasteiger partial charge >= 0.3 is 0 Å². The van der Waals surface area contributed by atoms with Gasteiger partial charge in [-0.15, -0.1) is 0 Å². The summed E-state index contributed by atoms with van der Waals surface area (Å²) in [7, 11) is 3.10. The lowest BCUT2D eigenvalue weighted by Crippen LogP contribution is -2.27. The summed E-state index contributed by atoms with van der Waals surface area (Å²) in [5.74, 6) is 0.439. The Morgan fingerprint density at radius 2 is 1.29 bits per heavy atom. The van der Waals surface area contributed by atoms with Crippen molar-refractivity contribution in [1.29, 1.82) is 0 Å². The van der Waals surface area contributed by atoms with Crippen molar-refractivity contribution < 1.29 is 0 Å². The number of guanidine groups is 2. The van der Waals surface area contributed by atoms with Gasteiger partial charge in [-0.25, -0.2) is 10.9 Å². The molecule has 8 nitrogen and oxygen atoms in total. The second-order valence-electron chi connectivity index (χ2n) is 2.00. The van der Waals surface area contributed by atoms with Crippen molar-refractivity contribution in [3.8, 4) is 0 Å². The van der Waals surface area contributed by atoms with Gasteiger partial charge in [0.2, 0.25) is 11.9 Å². The van der Waals surface area contributed by atoms with Gasteiger partial charge in [0.1, 0.15) is 0 Å². The van der Waals surface area contributed by atoms with Gasteiger partial charge in [-0.05, 0) is 0 Å². The Bertz CT molecular complexity index is 235. The first-order valence-electron chi connectivity index (χ1n) is 3.72. The first-order valence-corrected chi connectivity index (χ1v) is 3.72. The van der Waals surface area contributed by atoms with Gasteiger partial charge in [0.05, 0.1) is 12.4 Å². The van der Waals surface area contributed by atoms with E-state index in [-0.39, 0.29) is 11.9 Å². The van der Waals surface area contributed by atoms with Crippen LogP contribution < -0.4 is 22.3 Å². The van der Waals surface area contributed by atoms with Crippen LogP contribution in [0.15, 0.2) is 20.2 Å². The first-order chi connectivity index (χ1) is 6.70. The lowest BCUT2D eigenvalue weighted by atomic mass is 10.8. The van der Waals surface area contributed by atoms with Gasteiger partial charge in [-0.2, -0.15) is 10.2 Å². The molecule has 0 saturated carbocycles. The average Bonchev–Trinajstić information content (AvgIpc) is 2.22. The Labute approximate surface area is 81.9 Å². The fourth-order valence-corrected chi connectivity index (χ4v) is 0.373. The molecule has 6 N–H and O–H groups in total.